The van der Waals surface area contributed by atoms with Gasteiger partial charge in [0.2, 0.25) is 0 Å². The van der Waals surface area contributed by atoms with E-state index in [1.807, 2.05) is 54.6 Å². The summed E-state index contributed by atoms with van der Waals surface area (Å²) in [5, 5.41) is 11.6. The van der Waals surface area contributed by atoms with Gasteiger partial charge in [-0.2, -0.15) is 13.2 Å². The Hall–Kier alpha value is -3.90. The molecule has 1 amide bonds. The van der Waals surface area contributed by atoms with Crippen LogP contribution in [0.15, 0.2) is 59.4 Å². The molecule has 2 aromatic heterocycles. The summed E-state index contributed by atoms with van der Waals surface area (Å²) >= 11 is 1.33. The van der Waals surface area contributed by atoms with Crippen LogP contribution in [-0.4, -0.2) is 57.8 Å². The number of amides is 1. The minimum absolute atomic E-state index is 0.164. The summed E-state index contributed by atoms with van der Waals surface area (Å²) in [6.07, 6.45) is -5.08. The van der Waals surface area contributed by atoms with E-state index in [0.29, 0.717) is 34.6 Å². The van der Waals surface area contributed by atoms with Gasteiger partial charge in [-0.05, 0) is 39.3 Å². The van der Waals surface area contributed by atoms with Crippen molar-refractivity contribution in [2.75, 3.05) is 13.1 Å². The Balaban J connectivity index is 0.000000616. The molecule has 8 nitrogen and oxygen atoms in total. The first-order valence-corrected chi connectivity index (χ1v) is 14.1. The number of pyridine rings is 1. The fourth-order valence-corrected chi connectivity index (χ4v) is 5.73. The number of ether oxygens (including phenoxy) is 1. The Morgan fingerprint density at radius 3 is 2.17 bits per heavy atom. The van der Waals surface area contributed by atoms with E-state index in [4.69, 9.17) is 14.6 Å². The first kappa shape index (κ1) is 32.6. The smallest absolute Gasteiger partial charge is 0.486 e. The van der Waals surface area contributed by atoms with Crippen LogP contribution in [0.25, 0.3) is 21.0 Å². The minimum atomic E-state index is -5.08. The number of hydrogen-bond donors (Lipinski definition) is 2. The molecule has 0 aliphatic rings. The van der Waals surface area contributed by atoms with Gasteiger partial charge < -0.3 is 19.7 Å². The number of carboxylic acids is 1. The van der Waals surface area contributed by atoms with Crippen molar-refractivity contribution >= 4 is 44.2 Å². The number of rotatable bonds is 9. The summed E-state index contributed by atoms with van der Waals surface area (Å²) in [5.74, 6) is -2.61. The molecule has 226 valence electrons. The van der Waals surface area contributed by atoms with Crippen LogP contribution in [0.1, 0.15) is 42.9 Å². The van der Waals surface area contributed by atoms with Crippen molar-refractivity contribution < 1.29 is 32.6 Å². The highest BCUT2D eigenvalue weighted by Gasteiger charge is 2.38. The summed E-state index contributed by atoms with van der Waals surface area (Å²) in [6.45, 7) is 10.2. The molecule has 2 N–H and O–H groups in total. The van der Waals surface area contributed by atoms with E-state index in [0.717, 1.165) is 27.7 Å². The van der Waals surface area contributed by atoms with E-state index in [9.17, 15) is 22.8 Å². The number of halogens is 3. The van der Waals surface area contributed by atoms with Gasteiger partial charge in [0, 0.05) is 37.6 Å². The zero-order valence-corrected chi connectivity index (χ0v) is 24.8. The van der Waals surface area contributed by atoms with E-state index in [2.05, 4.69) is 37.9 Å². The van der Waals surface area contributed by atoms with E-state index in [-0.39, 0.29) is 18.1 Å². The van der Waals surface area contributed by atoms with Crippen LogP contribution < -0.4 is 15.6 Å². The monoisotopic (exact) mass is 605 g/mol. The third-order valence-electron chi connectivity index (χ3n) is 6.55. The average molecular weight is 606 g/mol. The molecule has 0 unspecified atom stereocenters. The topological polar surface area (TPSA) is 101 Å². The highest BCUT2D eigenvalue weighted by atomic mass is 32.1. The molecule has 0 saturated carbocycles. The zero-order chi connectivity index (χ0) is 31.2. The lowest BCUT2D eigenvalue weighted by molar-refractivity contribution is -0.192. The molecule has 0 radical (unpaired) electrons. The van der Waals surface area contributed by atoms with Gasteiger partial charge in [0.1, 0.15) is 16.9 Å². The molecular weight excluding hydrogens is 571 g/mol. The van der Waals surface area contributed by atoms with Crippen LogP contribution in [0.5, 0.6) is 5.75 Å². The van der Waals surface area contributed by atoms with Crippen molar-refractivity contribution in [3.05, 3.63) is 75.4 Å². The number of nitrogens with one attached hydrogen (secondary N) is 1. The molecule has 0 aliphatic carbocycles. The fraction of sp³-hybridized carbons (Fsp3) is 0.367. The standard InChI is InChI=1S/C28H33N3O3S.C2HF3O2/c1-18(2)31(19(3)4)16-15-29-27(32)26-24(34-17-20-11-7-6-8-12-20)23-25(35-26)21-13-9-10-14-22(21)30(5)28(23)33;3-2(4,5)1(6)7/h6-14,18-19H,15-17H2,1-5H3,(H,29,32);(H,6,7). The van der Waals surface area contributed by atoms with Gasteiger partial charge in [0.15, 0.2) is 5.75 Å². The molecule has 0 saturated heterocycles. The molecule has 2 heterocycles. The number of thiophene rings is 1. The van der Waals surface area contributed by atoms with Gasteiger partial charge in [-0.1, -0.05) is 48.5 Å². The fourth-order valence-electron chi connectivity index (χ4n) is 4.54. The number of aliphatic carboxylic acids is 1. The molecule has 2 aromatic carbocycles. The van der Waals surface area contributed by atoms with Gasteiger partial charge in [0.05, 0.1) is 10.2 Å². The first-order valence-electron chi connectivity index (χ1n) is 13.3. The van der Waals surface area contributed by atoms with Crippen molar-refractivity contribution in [1.29, 1.82) is 0 Å². The van der Waals surface area contributed by atoms with Crippen molar-refractivity contribution in [2.45, 2.75) is 52.6 Å². The van der Waals surface area contributed by atoms with Crippen molar-refractivity contribution in [1.82, 2.24) is 14.8 Å². The highest BCUT2D eigenvalue weighted by molar-refractivity contribution is 7.22. The maximum Gasteiger partial charge on any atom is 0.490 e. The number of aromatic nitrogens is 1. The number of fused-ring (bicyclic) bond motifs is 3. The van der Waals surface area contributed by atoms with Crippen LogP contribution in [0.4, 0.5) is 13.2 Å². The van der Waals surface area contributed by atoms with Crippen molar-refractivity contribution in [2.24, 2.45) is 7.05 Å². The number of benzene rings is 2. The molecule has 0 fully saturated rings. The molecule has 0 aliphatic heterocycles. The summed E-state index contributed by atoms with van der Waals surface area (Å²) in [6, 6.07) is 18.3. The number of aryl methyl sites for hydroxylation is 1. The van der Waals surface area contributed by atoms with Crippen molar-refractivity contribution in [3.8, 4) is 5.75 Å². The number of carbonyl (C=O) groups is 2. The zero-order valence-electron chi connectivity index (χ0n) is 24.0. The van der Waals surface area contributed by atoms with Crippen LogP contribution in [0.3, 0.4) is 0 Å². The lowest BCUT2D eigenvalue weighted by atomic mass is 10.1. The molecule has 0 bridgehead atoms. The Labute approximate surface area is 245 Å². The van der Waals surface area contributed by atoms with Crippen LogP contribution in [-0.2, 0) is 18.4 Å². The van der Waals surface area contributed by atoms with Crippen LogP contribution >= 0.6 is 11.3 Å². The maximum absolute atomic E-state index is 13.4. The molecule has 0 spiro atoms. The third-order valence-corrected chi connectivity index (χ3v) is 7.75. The van der Waals surface area contributed by atoms with Crippen LogP contribution in [0, 0.1) is 0 Å². The van der Waals surface area contributed by atoms with Gasteiger partial charge in [-0.3, -0.25) is 14.5 Å². The Morgan fingerprint density at radius 2 is 1.60 bits per heavy atom. The second-order valence-corrected chi connectivity index (χ2v) is 11.1. The predicted octanol–water partition coefficient (Wildman–Crippen LogP) is 5.81. The normalized spacial score (nSPS) is 11.7. The quantitative estimate of drug-likeness (QED) is 0.250. The van der Waals surface area contributed by atoms with Gasteiger partial charge >= 0.3 is 12.1 Å². The molecule has 4 aromatic rings. The Bertz CT molecular complexity index is 1590. The molecular formula is C30H34F3N3O5S. The van der Waals surface area contributed by atoms with Gasteiger partial charge in [-0.15, -0.1) is 11.3 Å². The lowest BCUT2D eigenvalue weighted by Gasteiger charge is -2.30. The molecule has 12 heteroatoms. The van der Waals surface area contributed by atoms with Crippen LogP contribution in [0.2, 0.25) is 0 Å². The van der Waals surface area contributed by atoms with E-state index in [1.165, 1.54) is 11.3 Å². The van der Waals surface area contributed by atoms with E-state index < -0.39 is 12.1 Å². The van der Waals surface area contributed by atoms with E-state index >= 15 is 0 Å². The number of alkyl halides is 3. The Kier molecular flexibility index (Phi) is 10.7. The number of hydrogen-bond acceptors (Lipinski definition) is 6. The molecule has 0 atom stereocenters. The SMILES string of the molecule is CC(C)N(CCNC(=O)c1sc2c(c1OCc1ccccc1)c(=O)n(C)c1ccccc21)C(C)C.O=C(O)C(F)(F)F. The minimum Gasteiger partial charge on any atom is -0.486 e. The average Bonchev–Trinajstić information content (AvgIpc) is 3.32. The number of para-hydroxylation sites is 1. The first-order chi connectivity index (χ1) is 19.7. The maximum atomic E-state index is 13.4. The van der Waals surface area contributed by atoms with Gasteiger partial charge in [-0.25, -0.2) is 4.79 Å². The summed E-state index contributed by atoms with van der Waals surface area (Å²) in [5.41, 5.74) is 1.64. The Morgan fingerprint density at radius 1 is 1.02 bits per heavy atom. The number of carboxylic acid groups (broad SMARTS) is 1. The molecule has 4 rings (SSSR count). The van der Waals surface area contributed by atoms with Crippen molar-refractivity contribution in [3.63, 3.8) is 0 Å². The second kappa shape index (κ2) is 13.8. The third kappa shape index (κ3) is 7.68. The summed E-state index contributed by atoms with van der Waals surface area (Å²) in [4.78, 5) is 38.5. The highest BCUT2D eigenvalue weighted by Crippen LogP contribution is 2.40. The number of nitrogens with zero attached hydrogens (tertiary/aromatic N) is 2. The van der Waals surface area contributed by atoms with E-state index in [1.54, 1.807) is 11.6 Å². The predicted molar refractivity (Wildman–Crippen MR) is 158 cm³/mol. The largest absolute Gasteiger partial charge is 0.490 e. The summed E-state index contributed by atoms with van der Waals surface area (Å²) < 4.78 is 40.4. The second-order valence-electron chi connectivity index (χ2n) is 10.1. The molecule has 42 heavy (non-hydrogen) atoms. The lowest BCUT2D eigenvalue weighted by Crippen LogP contribution is -2.42. The summed E-state index contributed by atoms with van der Waals surface area (Å²) in [7, 11) is 1.76. The number of carbonyl (C=O) groups excluding carboxylic acids is 1. The van der Waals surface area contributed by atoms with Gasteiger partial charge in [0.25, 0.3) is 11.5 Å².